The van der Waals surface area contributed by atoms with E-state index < -0.39 is 0 Å². The summed E-state index contributed by atoms with van der Waals surface area (Å²) < 4.78 is 5.93. The highest BCUT2D eigenvalue weighted by Crippen LogP contribution is 2.32. The van der Waals surface area contributed by atoms with Crippen molar-refractivity contribution in [1.82, 2.24) is 10.2 Å². The number of hydrogen-bond donors (Lipinski definition) is 2. The van der Waals surface area contributed by atoms with Crippen molar-refractivity contribution in [2.45, 2.75) is 25.2 Å². The molecule has 0 saturated carbocycles. The molecule has 0 spiro atoms. The maximum Gasteiger partial charge on any atom is 0.322 e. The van der Waals surface area contributed by atoms with Gasteiger partial charge >= 0.3 is 6.03 Å². The van der Waals surface area contributed by atoms with Gasteiger partial charge in [0, 0.05) is 25.3 Å². The second-order valence-electron chi connectivity index (χ2n) is 7.04. The number of amides is 3. The van der Waals surface area contributed by atoms with Crippen molar-refractivity contribution < 1.29 is 14.3 Å². The zero-order valence-electron chi connectivity index (χ0n) is 15.0. The summed E-state index contributed by atoms with van der Waals surface area (Å²) in [5.41, 5.74) is 1.83. The van der Waals surface area contributed by atoms with E-state index in [1.54, 1.807) is 4.90 Å². The van der Waals surface area contributed by atoms with E-state index in [1.165, 1.54) is 0 Å². The van der Waals surface area contributed by atoms with E-state index >= 15 is 0 Å². The molecule has 6 nitrogen and oxygen atoms in total. The molecule has 2 heterocycles. The van der Waals surface area contributed by atoms with Crippen molar-refractivity contribution in [2.75, 3.05) is 18.4 Å². The van der Waals surface area contributed by atoms with Gasteiger partial charge in [-0.05, 0) is 24.1 Å². The van der Waals surface area contributed by atoms with Gasteiger partial charge in [-0.2, -0.15) is 0 Å². The van der Waals surface area contributed by atoms with Crippen LogP contribution in [0.25, 0.3) is 0 Å². The second kappa shape index (κ2) is 7.80. The number of anilines is 1. The Bertz CT molecular complexity index is 797. The van der Waals surface area contributed by atoms with Gasteiger partial charge in [0.1, 0.15) is 0 Å². The Labute approximate surface area is 158 Å². The molecular formula is C21H23N3O3. The zero-order valence-corrected chi connectivity index (χ0v) is 15.0. The molecule has 0 radical (unpaired) electrons. The second-order valence-corrected chi connectivity index (χ2v) is 7.04. The number of carbonyl (C=O) groups excluding carboxylic acids is 2. The van der Waals surface area contributed by atoms with E-state index in [9.17, 15) is 9.59 Å². The van der Waals surface area contributed by atoms with Crippen LogP contribution in [0.1, 0.15) is 12.0 Å². The first-order valence-electron chi connectivity index (χ1n) is 9.27. The van der Waals surface area contributed by atoms with Crippen molar-refractivity contribution in [3.05, 3.63) is 66.2 Å². The summed E-state index contributed by atoms with van der Waals surface area (Å²) in [6.07, 6.45) is 0.319. The van der Waals surface area contributed by atoms with Gasteiger partial charge in [-0.25, -0.2) is 4.79 Å². The molecule has 4 rings (SSSR count). The molecule has 27 heavy (non-hydrogen) atoms. The summed E-state index contributed by atoms with van der Waals surface area (Å²) in [7, 11) is 0. The monoisotopic (exact) mass is 365 g/mol. The fraction of sp³-hybridized carbons (Fsp3) is 0.333. The highest BCUT2D eigenvalue weighted by Gasteiger charge is 2.45. The third-order valence-electron chi connectivity index (χ3n) is 5.12. The Kier molecular flexibility index (Phi) is 5.07. The minimum Gasteiger partial charge on any atom is -0.370 e. The number of morpholine rings is 1. The number of fused-ring (bicyclic) bond motifs is 2. The van der Waals surface area contributed by atoms with Crippen LogP contribution in [0.3, 0.4) is 0 Å². The molecule has 0 unspecified atom stereocenters. The number of nitrogens with zero attached hydrogens (tertiary/aromatic N) is 1. The number of hydrogen-bond acceptors (Lipinski definition) is 3. The first-order valence-corrected chi connectivity index (χ1v) is 9.27. The summed E-state index contributed by atoms with van der Waals surface area (Å²) in [6.45, 7) is 1.45. The first kappa shape index (κ1) is 17.5. The van der Waals surface area contributed by atoms with Crippen molar-refractivity contribution in [1.29, 1.82) is 0 Å². The van der Waals surface area contributed by atoms with Gasteiger partial charge in [0.15, 0.2) is 0 Å². The van der Waals surface area contributed by atoms with Gasteiger partial charge < -0.3 is 20.3 Å². The standard InChI is InChI=1S/C21H23N3O3/c25-20(22-12-15-7-3-1-4-8-15)18-11-17-13-24(14-19(18)27-17)21(26)23-16-9-5-2-6-10-16/h1-10,17-19H,11-14H2,(H,22,25)(H,23,26)/t17-,18+,19-/m0/s1. The summed E-state index contributed by atoms with van der Waals surface area (Å²) in [5.74, 6) is -0.218. The van der Waals surface area contributed by atoms with E-state index in [1.807, 2.05) is 60.7 Å². The van der Waals surface area contributed by atoms with Gasteiger partial charge in [-0.15, -0.1) is 0 Å². The lowest BCUT2D eigenvalue weighted by atomic mass is 9.99. The molecule has 6 heteroatoms. The van der Waals surface area contributed by atoms with Crippen molar-refractivity contribution in [3.63, 3.8) is 0 Å². The average Bonchev–Trinajstić information content (AvgIpc) is 3.01. The molecule has 2 bridgehead atoms. The Hall–Kier alpha value is -2.86. The number of benzene rings is 2. The predicted molar refractivity (Wildman–Crippen MR) is 102 cm³/mol. The van der Waals surface area contributed by atoms with E-state index in [-0.39, 0.29) is 30.1 Å². The van der Waals surface area contributed by atoms with Crippen LogP contribution in [-0.4, -0.2) is 42.1 Å². The highest BCUT2D eigenvalue weighted by atomic mass is 16.5. The average molecular weight is 365 g/mol. The quantitative estimate of drug-likeness (QED) is 0.875. The van der Waals surface area contributed by atoms with E-state index in [4.69, 9.17) is 4.74 Å². The van der Waals surface area contributed by atoms with E-state index in [0.29, 0.717) is 26.1 Å². The minimum atomic E-state index is -0.249. The van der Waals surface area contributed by atoms with Crippen molar-refractivity contribution >= 4 is 17.6 Å². The van der Waals surface area contributed by atoms with Crippen LogP contribution < -0.4 is 10.6 Å². The fourth-order valence-corrected chi connectivity index (χ4v) is 3.74. The molecule has 2 aliphatic rings. The van der Waals surface area contributed by atoms with E-state index in [0.717, 1.165) is 11.3 Å². The van der Waals surface area contributed by atoms with Crippen LogP contribution in [0.5, 0.6) is 0 Å². The molecule has 2 aromatic carbocycles. The van der Waals surface area contributed by atoms with Crippen LogP contribution in [0.15, 0.2) is 60.7 Å². The zero-order chi connectivity index (χ0) is 18.6. The molecule has 0 aliphatic carbocycles. The first-order chi connectivity index (χ1) is 13.2. The number of nitrogens with one attached hydrogen (secondary N) is 2. The molecule has 140 valence electrons. The van der Waals surface area contributed by atoms with Gasteiger partial charge in [0.2, 0.25) is 5.91 Å². The van der Waals surface area contributed by atoms with Crippen LogP contribution >= 0.6 is 0 Å². The molecule has 2 N–H and O–H groups in total. The molecule has 2 aliphatic heterocycles. The van der Waals surface area contributed by atoms with Crippen LogP contribution in [0.4, 0.5) is 10.5 Å². The van der Waals surface area contributed by atoms with Crippen LogP contribution in [0.2, 0.25) is 0 Å². The van der Waals surface area contributed by atoms with Gasteiger partial charge in [-0.1, -0.05) is 48.5 Å². The van der Waals surface area contributed by atoms with Crippen molar-refractivity contribution in [3.8, 4) is 0 Å². The largest absolute Gasteiger partial charge is 0.370 e. The van der Waals surface area contributed by atoms with Crippen LogP contribution in [0, 0.1) is 5.92 Å². The Balaban J connectivity index is 1.33. The lowest BCUT2D eigenvalue weighted by molar-refractivity contribution is -0.127. The maximum absolute atomic E-state index is 12.6. The van der Waals surface area contributed by atoms with E-state index in [2.05, 4.69) is 10.6 Å². The number of carbonyl (C=O) groups is 2. The summed E-state index contributed by atoms with van der Waals surface area (Å²) in [5, 5.41) is 5.90. The van der Waals surface area contributed by atoms with Crippen molar-refractivity contribution in [2.24, 2.45) is 5.92 Å². The molecular weight excluding hydrogens is 342 g/mol. The molecule has 0 aromatic heterocycles. The normalized spacial score (nSPS) is 23.7. The summed E-state index contributed by atoms with van der Waals surface area (Å²) >= 11 is 0. The van der Waals surface area contributed by atoms with Crippen LogP contribution in [-0.2, 0) is 16.1 Å². The lowest BCUT2D eigenvalue weighted by Gasteiger charge is -2.32. The number of urea groups is 1. The Morgan fingerprint density at radius 1 is 1.00 bits per heavy atom. The summed E-state index contributed by atoms with van der Waals surface area (Å²) in [4.78, 5) is 26.9. The smallest absolute Gasteiger partial charge is 0.322 e. The van der Waals surface area contributed by atoms with Gasteiger partial charge in [-0.3, -0.25) is 4.79 Å². The Morgan fingerprint density at radius 2 is 1.70 bits per heavy atom. The SMILES string of the molecule is O=C(NCc1ccccc1)[C@@H]1C[C@H]2CN(C(=O)Nc3ccccc3)C[C@@H]1O2. The third kappa shape index (κ3) is 4.11. The number of likely N-dealkylation sites (tertiary alicyclic amines) is 1. The van der Waals surface area contributed by atoms with Gasteiger partial charge in [0.05, 0.1) is 18.1 Å². The Morgan fingerprint density at radius 3 is 2.44 bits per heavy atom. The predicted octanol–water partition coefficient (Wildman–Crippen LogP) is 2.62. The summed E-state index contributed by atoms with van der Waals surface area (Å²) in [6, 6.07) is 19.1. The molecule has 2 aromatic rings. The molecule has 3 atom stereocenters. The third-order valence-corrected chi connectivity index (χ3v) is 5.12. The molecule has 2 fully saturated rings. The highest BCUT2D eigenvalue weighted by molar-refractivity contribution is 5.89. The lowest BCUT2D eigenvalue weighted by Crippen LogP contribution is -2.49. The maximum atomic E-state index is 12.6. The number of para-hydroxylation sites is 1. The number of ether oxygens (including phenoxy) is 1. The number of rotatable bonds is 4. The topological polar surface area (TPSA) is 70.7 Å². The minimum absolute atomic E-state index is 0.00308. The molecule has 3 amide bonds. The van der Waals surface area contributed by atoms with Gasteiger partial charge in [0.25, 0.3) is 0 Å². The fourth-order valence-electron chi connectivity index (χ4n) is 3.74. The molecule has 2 saturated heterocycles.